The molecule has 2 aromatic rings. The SMILES string of the molecule is C.CCCc1ccc(C)cc1.COc1cc(C)ccc1C. The highest BCUT2D eigenvalue weighted by atomic mass is 16.5. The summed E-state index contributed by atoms with van der Waals surface area (Å²) >= 11 is 0. The van der Waals surface area contributed by atoms with E-state index >= 15 is 0 Å². The fourth-order valence-electron chi connectivity index (χ4n) is 1.97. The molecular weight excluding hydrogens is 256 g/mol. The van der Waals surface area contributed by atoms with Gasteiger partial charge in [-0.3, -0.25) is 0 Å². The van der Waals surface area contributed by atoms with Gasteiger partial charge in [-0.15, -0.1) is 0 Å². The molecule has 0 aliphatic carbocycles. The number of ether oxygens (including phenoxy) is 1. The fourth-order valence-corrected chi connectivity index (χ4v) is 1.97. The summed E-state index contributed by atoms with van der Waals surface area (Å²) in [5.74, 6) is 0.972. The molecule has 2 rings (SSSR count). The molecule has 21 heavy (non-hydrogen) atoms. The molecule has 0 bridgehead atoms. The number of hydrogen-bond acceptors (Lipinski definition) is 1. The maximum atomic E-state index is 5.13. The molecule has 0 N–H and O–H groups in total. The van der Waals surface area contributed by atoms with Gasteiger partial charge < -0.3 is 4.74 Å². The predicted molar refractivity (Wildman–Crippen MR) is 94.4 cm³/mol. The molecule has 0 radical (unpaired) electrons. The van der Waals surface area contributed by atoms with Crippen molar-refractivity contribution in [2.75, 3.05) is 7.11 Å². The van der Waals surface area contributed by atoms with Crippen molar-refractivity contribution in [3.8, 4) is 5.75 Å². The predicted octanol–water partition coefficient (Wildman–Crippen LogP) is 5.90. The lowest BCUT2D eigenvalue weighted by molar-refractivity contribution is 0.411. The summed E-state index contributed by atoms with van der Waals surface area (Å²) in [5, 5.41) is 0. The molecule has 0 spiro atoms. The Balaban J connectivity index is 0.000000364. The van der Waals surface area contributed by atoms with E-state index in [2.05, 4.69) is 57.2 Å². The van der Waals surface area contributed by atoms with Crippen LogP contribution in [0.25, 0.3) is 0 Å². The van der Waals surface area contributed by atoms with Gasteiger partial charge in [0.2, 0.25) is 0 Å². The van der Waals surface area contributed by atoms with Crippen molar-refractivity contribution in [2.24, 2.45) is 0 Å². The number of rotatable bonds is 3. The van der Waals surface area contributed by atoms with Crippen molar-refractivity contribution in [1.82, 2.24) is 0 Å². The normalized spacial score (nSPS) is 9.19. The van der Waals surface area contributed by atoms with Crippen LogP contribution in [0.4, 0.5) is 0 Å². The van der Waals surface area contributed by atoms with Crippen LogP contribution in [-0.2, 0) is 6.42 Å². The van der Waals surface area contributed by atoms with E-state index in [0.717, 1.165) is 5.75 Å². The Hall–Kier alpha value is -1.76. The summed E-state index contributed by atoms with van der Waals surface area (Å²) < 4.78 is 5.13. The third kappa shape index (κ3) is 6.99. The van der Waals surface area contributed by atoms with Gasteiger partial charge in [0.1, 0.15) is 5.75 Å². The Labute approximate surface area is 131 Å². The third-order valence-electron chi connectivity index (χ3n) is 3.22. The molecule has 0 aromatic heterocycles. The number of methoxy groups -OCH3 is 1. The lowest BCUT2D eigenvalue weighted by Gasteiger charge is -2.03. The Morgan fingerprint density at radius 3 is 1.90 bits per heavy atom. The van der Waals surface area contributed by atoms with E-state index in [9.17, 15) is 0 Å². The molecule has 116 valence electrons. The molecule has 0 saturated heterocycles. The molecule has 1 heteroatoms. The van der Waals surface area contributed by atoms with Gasteiger partial charge in [0.05, 0.1) is 7.11 Å². The van der Waals surface area contributed by atoms with Crippen LogP contribution >= 0.6 is 0 Å². The van der Waals surface area contributed by atoms with Gasteiger partial charge in [-0.25, -0.2) is 0 Å². The molecule has 0 unspecified atom stereocenters. The number of benzene rings is 2. The Kier molecular flexibility index (Phi) is 9.20. The van der Waals surface area contributed by atoms with E-state index in [0.29, 0.717) is 0 Å². The smallest absolute Gasteiger partial charge is 0.122 e. The van der Waals surface area contributed by atoms with Gasteiger partial charge in [0, 0.05) is 0 Å². The fraction of sp³-hybridized carbons (Fsp3) is 0.400. The molecule has 0 heterocycles. The highest BCUT2D eigenvalue weighted by Gasteiger charge is 1.95. The second-order valence-electron chi connectivity index (χ2n) is 5.21. The molecule has 0 aliphatic rings. The van der Waals surface area contributed by atoms with Crippen molar-refractivity contribution in [1.29, 1.82) is 0 Å². The summed E-state index contributed by atoms with van der Waals surface area (Å²) in [7, 11) is 1.70. The van der Waals surface area contributed by atoms with Gasteiger partial charge in [-0.1, -0.05) is 62.7 Å². The van der Waals surface area contributed by atoms with Crippen molar-refractivity contribution < 1.29 is 4.74 Å². The molecular formula is C20H30O. The molecule has 0 aliphatic heterocycles. The molecule has 0 amide bonds. The Morgan fingerprint density at radius 2 is 1.43 bits per heavy atom. The average molecular weight is 286 g/mol. The molecule has 0 saturated carbocycles. The quantitative estimate of drug-likeness (QED) is 0.683. The van der Waals surface area contributed by atoms with E-state index in [1.165, 1.54) is 35.1 Å². The molecule has 0 atom stereocenters. The van der Waals surface area contributed by atoms with E-state index in [-0.39, 0.29) is 7.43 Å². The second kappa shape index (κ2) is 10.0. The number of hydrogen-bond donors (Lipinski definition) is 0. The highest BCUT2D eigenvalue weighted by molar-refractivity contribution is 5.35. The second-order valence-corrected chi connectivity index (χ2v) is 5.21. The van der Waals surface area contributed by atoms with Crippen LogP contribution in [-0.4, -0.2) is 7.11 Å². The lowest BCUT2D eigenvalue weighted by atomic mass is 10.1. The Morgan fingerprint density at radius 1 is 0.857 bits per heavy atom. The van der Waals surface area contributed by atoms with Crippen LogP contribution in [0.2, 0.25) is 0 Å². The zero-order valence-corrected chi connectivity index (χ0v) is 13.4. The van der Waals surface area contributed by atoms with Crippen molar-refractivity contribution >= 4 is 0 Å². The first kappa shape index (κ1) is 19.2. The van der Waals surface area contributed by atoms with Crippen LogP contribution in [0.1, 0.15) is 43.0 Å². The third-order valence-corrected chi connectivity index (χ3v) is 3.22. The molecule has 2 aromatic carbocycles. The van der Waals surface area contributed by atoms with Crippen molar-refractivity contribution in [2.45, 2.75) is 48.0 Å². The van der Waals surface area contributed by atoms with Crippen LogP contribution < -0.4 is 4.74 Å². The average Bonchev–Trinajstić information content (AvgIpc) is 2.45. The summed E-state index contributed by atoms with van der Waals surface area (Å²) in [5.41, 5.74) is 5.23. The van der Waals surface area contributed by atoms with Crippen LogP contribution in [0, 0.1) is 20.8 Å². The van der Waals surface area contributed by atoms with Crippen LogP contribution in [0.15, 0.2) is 42.5 Å². The maximum Gasteiger partial charge on any atom is 0.122 e. The summed E-state index contributed by atoms with van der Waals surface area (Å²) in [6, 6.07) is 14.9. The summed E-state index contributed by atoms with van der Waals surface area (Å²) in [6.45, 7) is 8.43. The lowest BCUT2D eigenvalue weighted by Crippen LogP contribution is -1.86. The van der Waals surface area contributed by atoms with E-state index in [4.69, 9.17) is 4.74 Å². The monoisotopic (exact) mass is 286 g/mol. The Bertz CT molecular complexity index is 512. The minimum absolute atomic E-state index is 0. The van der Waals surface area contributed by atoms with Crippen LogP contribution in [0.5, 0.6) is 5.75 Å². The highest BCUT2D eigenvalue weighted by Crippen LogP contribution is 2.17. The largest absolute Gasteiger partial charge is 0.496 e. The van der Waals surface area contributed by atoms with Crippen molar-refractivity contribution in [3.63, 3.8) is 0 Å². The number of aryl methyl sites for hydroxylation is 4. The van der Waals surface area contributed by atoms with E-state index < -0.39 is 0 Å². The van der Waals surface area contributed by atoms with E-state index in [1.54, 1.807) is 7.11 Å². The first-order valence-corrected chi connectivity index (χ1v) is 7.23. The summed E-state index contributed by atoms with van der Waals surface area (Å²) in [4.78, 5) is 0. The van der Waals surface area contributed by atoms with Gasteiger partial charge in [0.15, 0.2) is 0 Å². The topological polar surface area (TPSA) is 9.23 Å². The van der Waals surface area contributed by atoms with Gasteiger partial charge >= 0.3 is 0 Å². The summed E-state index contributed by atoms with van der Waals surface area (Å²) in [6.07, 6.45) is 2.45. The van der Waals surface area contributed by atoms with Gasteiger partial charge in [0.25, 0.3) is 0 Å². The molecule has 1 nitrogen and oxygen atoms in total. The van der Waals surface area contributed by atoms with Crippen LogP contribution in [0.3, 0.4) is 0 Å². The van der Waals surface area contributed by atoms with E-state index in [1.807, 2.05) is 13.0 Å². The zero-order chi connectivity index (χ0) is 15.0. The molecule has 0 fully saturated rings. The zero-order valence-electron chi connectivity index (χ0n) is 13.4. The minimum Gasteiger partial charge on any atom is -0.496 e. The maximum absolute atomic E-state index is 5.13. The van der Waals surface area contributed by atoms with Gasteiger partial charge in [-0.05, 0) is 49.9 Å². The van der Waals surface area contributed by atoms with Crippen molar-refractivity contribution in [3.05, 3.63) is 64.7 Å². The first-order valence-electron chi connectivity index (χ1n) is 7.23. The minimum atomic E-state index is 0. The van der Waals surface area contributed by atoms with Gasteiger partial charge in [-0.2, -0.15) is 0 Å². The standard InChI is InChI=1S/C10H14.C9H12O.CH4/c1-3-4-10-7-5-9(2)6-8-10;1-7-4-5-8(2)9(6-7)10-3;/h5-8H,3-4H2,1-2H3;4-6H,1-3H3;1H4. The first-order chi connectivity index (χ1) is 9.56.